The number of morpholine rings is 1. The Bertz CT molecular complexity index is 1390. The molecule has 1 fully saturated rings. The van der Waals surface area contributed by atoms with Gasteiger partial charge in [-0.3, -0.25) is 10.00 Å². The van der Waals surface area contributed by atoms with Crippen molar-refractivity contribution < 1.29 is 19.0 Å². The fourth-order valence-electron chi connectivity index (χ4n) is 4.42. The van der Waals surface area contributed by atoms with E-state index < -0.39 is 6.29 Å². The lowest BCUT2D eigenvalue weighted by Gasteiger charge is -2.26. The second-order valence-corrected chi connectivity index (χ2v) is 9.30. The molecule has 1 atom stereocenters. The predicted octanol–water partition coefficient (Wildman–Crippen LogP) is 3.75. The zero-order valence-electron chi connectivity index (χ0n) is 20.7. The van der Waals surface area contributed by atoms with Gasteiger partial charge >= 0.3 is 0 Å². The highest BCUT2D eigenvalue weighted by atomic mass is 35.5. The summed E-state index contributed by atoms with van der Waals surface area (Å²) in [6, 6.07) is 6.59. The van der Waals surface area contributed by atoms with Crippen molar-refractivity contribution in [3.63, 3.8) is 0 Å². The summed E-state index contributed by atoms with van der Waals surface area (Å²) in [4.78, 5) is 7.11. The topological polar surface area (TPSA) is 113 Å². The maximum absolute atomic E-state index is 14.7. The van der Waals surface area contributed by atoms with Crippen LogP contribution in [0.1, 0.15) is 41.3 Å². The lowest BCUT2D eigenvalue weighted by Crippen LogP contribution is -2.35. The third-order valence-corrected chi connectivity index (χ3v) is 6.57. The van der Waals surface area contributed by atoms with Crippen LogP contribution in [-0.4, -0.2) is 67.7 Å². The molecule has 5 rings (SSSR count). The number of imidazole rings is 1. The van der Waals surface area contributed by atoms with E-state index in [1.165, 1.54) is 12.3 Å². The van der Waals surface area contributed by atoms with Crippen LogP contribution in [0.4, 0.5) is 16.0 Å². The molecule has 1 saturated heterocycles. The molecule has 37 heavy (non-hydrogen) atoms. The lowest BCUT2D eigenvalue weighted by atomic mass is 10.1. The average Bonchev–Trinajstić information content (AvgIpc) is 3.46. The van der Waals surface area contributed by atoms with Crippen LogP contribution in [0.5, 0.6) is 0 Å². The van der Waals surface area contributed by atoms with Crippen LogP contribution in [0.2, 0.25) is 5.02 Å². The molecule has 0 amide bonds. The van der Waals surface area contributed by atoms with E-state index in [-0.39, 0.29) is 5.82 Å². The minimum Gasteiger partial charge on any atom is -0.379 e. The summed E-state index contributed by atoms with van der Waals surface area (Å²) in [6.45, 7) is 7.66. The number of anilines is 2. The number of aromatic amines is 1. The molecule has 1 aromatic carbocycles. The van der Waals surface area contributed by atoms with Gasteiger partial charge in [0.15, 0.2) is 17.8 Å². The van der Waals surface area contributed by atoms with Crippen molar-refractivity contribution in [2.24, 2.45) is 0 Å². The van der Waals surface area contributed by atoms with E-state index in [1.54, 1.807) is 23.6 Å². The molecule has 0 radical (unpaired) electrons. The molecule has 196 valence electrons. The summed E-state index contributed by atoms with van der Waals surface area (Å²) in [5.41, 5.74) is 4.15. The van der Waals surface area contributed by atoms with Gasteiger partial charge in [-0.05, 0) is 37.6 Å². The summed E-state index contributed by atoms with van der Waals surface area (Å²) in [6.07, 6.45) is 0.662. The van der Waals surface area contributed by atoms with Gasteiger partial charge in [-0.25, -0.2) is 13.9 Å². The maximum Gasteiger partial charge on any atom is 0.186 e. The van der Waals surface area contributed by atoms with Crippen LogP contribution >= 0.6 is 11.6 Å². The Labute approximate surface area is 218 Å². The zero-order chi connectivity index (χ0) is 25.9. The number of halogens is 2. The molecule has 3 aromatic heterocycles. The number of nitrogens with zero attached hydrogens (tertiary/aromatic N) is 5. The van der Waals surface area contributed by atoms with E-state index in [2.05, 4.69) is 20.4 Å². The minimum absolute atomic E-state index is 0.293. The van der Waals surface area contributed by atoms with Crippen molar-refractivity contribution in [3.05, 3.63) is 69.4 Å². The Hall–Kier alpha value is -3.09. The largest absolute Gasteiger partial charge is 0.379 e. The van der Waals surface area contributed by atoms with Gasteiger partial charge in [0.25, 0.3) is 0 Å². The number of H-pyrrole nitrogens is 1. The molecule has 0 spiro atoms. The quantitative estimate of drug-likeness (QED) is 0.281. The SMILES string of the molecule is CCOC(O)c1cn[nH]c1Nc1cc(CN2CCOCC2)c2nc(C)c(Cc3ccc(Cl)cc3F)n2n1. The number of aliphatic hydroxyl groups excluding tert-OH is 1. The van der Waals surface area contributed by atoms with Gasteiger partial charge in [0.2, 0.25) is 0 Å². The highest BCUT2D eigenvalue weighted by Crippen LogP contribution is 2.27. The summed E-state index contributed by atoms with van der Waals surface area (Å²) < 4.78 is 27.3. The van der Waals surface area contributed by atoms with Gasteiger partial charge in [-0.2, -0.15) is 5.10 Å². The Morgan fingerprint density at radius 2 is 2.08 bits per heavy atom. The van der Waals surface area contributed by atoms with Crippen molar-refractivity contribution in [1.82, 2.24) is 29.7 Å². The number of fused-ring (bicyclic) bond motifs is 1. The number of benzene rings is 1. The standard InChI is InChI=1S/C25H29ClFN7O3/c1-3-37-25(35)19-13-28-31-23(19)30-22-11-17(14-33-6-8-36-9-7-33)24-29-15(2)21(34(24)32-22)10-16-4-5-18(26)12-20(16)27/h4-5,11-13,25,35H,3,6-10,14H2,1-2H3,(H2,28,30,31,32). The highest BCUT2D eigenvalue weighted by molar-refractivity contribution is 6.30. The zero-order valence-corrected chi connectivity index (χ0v) is 21.4. The van der Waals surface area contributed by atoms with E-state index in [0.29, 0.717) is 66.2 Å². The van der Waals surface area contributed by atoms with E-state index >= 15 is 0 Å². The smallest absolute Gasteiger partial charge is 0.186 e. The number of aliphatic hydroxyl groups is 1. The molecular weight excluding hydrogens is 501 g/mol. The Morgan fingerprint density at radius 1 is 1.27 bits per heavy atom. The van der Waals surface area contributed by atoms with Crippen molar-refractivity contribution >= 4 is 28.9 Å². The van der Waals surface area contributed by atoms with Crippen LogP contribution in [-0.2, 0) is 22.4 Å². The normalized spacial score (nSPS) is 15.4. The first kappa shape index (κ1) is 25.6. The molecule has 0 bridgehead atoms. The molecule has 1 unspecified atom stereocenters. The highest BCUT2D eigenvalue weighted by Gasteiger charge is 2.21. The van der Waals surface area contributed by atoms with Crippen LogP contribution in [0, 0.1) is 12.7 Å². The molecule has 1 aliphatic rings. The maximum atomic E-state index is 14.7. The molecular formula is C25H29ClFN7O3. The molecule has 0 saturated carbocycles. The number of hydrogen-bond acceptors (Lipinski definition) is 8. The molecule has 3 N–H and O–H groups in total. The first-order chi connectivity index (χ1) is 17.9. The number of rotatable bonds is 9. The van der Waals surface area contributed by atoms with Gasteiger partial charge in [0.05, 0.1) is 36.4 Å². The van der Waals surface area contributed by atoms with Gasteiger partial charge in [0.1, 0.15) is 11.6 Å². The van der Waals surface area contributed by atoms with Crippen LogP contribution in [0.25, 0.3) is 5.65 Å². The lowest BCUT2D eigenvalue weighted by molar-refractivity contribution is -0.0974. The molecule has 10 nitrogen and oxygen atoms in total. The van der Waals surface area contributed by atoms with E-state index in [9.17, 15) is 9.50 Å². The van der Waals surface area contributed by atoms with Crippen LogP contribution in [0.3, 0.4) is 0 Å². The third-order valence-electron chi connectivity index (χ3n) is 6.34. The van der Waals surface area contributed by atoms with Gasteiger partial charge in [0, 0.05) is 43.2 Å². The van der Waals surface area contributed by atoms with Crippen LogP contribution in [0.15, 0.2) is 30.5 Å². The van der Waals surface area contributed by atoms with Crippen molar-refractivity contribution in [2.75, 3.05) is 38.2 Å². The molecule has 12 heteroatoms. The minimum atomic E-state index is -1.14. The van der Waals surface area contributed by atoms with E-state index in [1.807, 2.05) is 13.0 Å². The summed E-state index contributed by atoms with van der Waals surface area (Å²) in [5.74, 6) is 0.601. The van der Waals surface area contributed by atoms with Gasteiger partial charge < -0.3 is 19.9 Å². The van der Waals surface area contributed by atoms with Crippen molar-refractivity contribution in [2.45, 2.75) is 33.1 Å². The predicted molar refractivity (Wildman–Crippen MR) is 136 cm³/mol. The molecule has 1 aliphatic heterocycles. The summed E-state index contributed by atoms with van der Waals surface area (Å²) >= 11 is 5.96. The number of aromatic nitrogens is 5. The second kappa shape index (κ2) is 11.1. The first-order valence-electron chi connectivity index (χ1n) is 12.1. The monoisotopic (exact) mass is 529 g/mol. The van der Waals surface area contributed by atoms with Crippen molar-refractivity contribution in [1.29, 1.82) is 0 Å². The molecule has 4 aromatic rings. The Kier molecular flexibility index (Phi) is 7.68. The number of ether oxygens (including phenoxy) is 2. The second-order valence-electron chi connectivity index (χ2n) is 8.87. The molecule has 0 aliphatic carbocycles. The summed E-state index contributed by atoms with van der Waals surface area (Å²) in [7, 11) is 0. The van der Waals surface area contributed by atoms with Crippen LogP contribution < -0.4 is 5.32 Å². The van der Waals surface area contributed by atoms with Gasteiger partial charge in [-0.1, -0.05) is 17.7 Å². The third kappa shape index (κ3) is 5.60. The van der Waals surface area contributed by atoms with Gasteiger partial charge in [-0.15, -0.1) is 5.10 Å². The average molecular weight is 530 g/mol. The van der Waals surface area contributed by atoms with Crippen molar-refractivity contribution in [3.8, 4) is 0 Å². The first-order valence-corrected chi connectivity index (χ1v) is 12.5. The number of aryl methyl sites for hydroxylation is 1. The van der Waals surface area contributed by atoms with E-state index in [4.69, 9.17) is 31.2 Å². The number of hydrogen-bond donors (Lipinski definition) is 3. The summed E-state index contributed by atoms with van der Waals surface area (Å²) in [5, 5.41) is 25.6. The Balaban J connectivity index is 1.56. The molecule has 4 heterocycles. The Morgan fingerprint density at radius 3 is 2.84 bits per heavy atom. The van der Waals surface area contributed by atoms with E-state index in [0.717, 1.165) is 30.0 Å². The fourth-order valence-corrected chi connectivity index (χ4v) is 4.58. The fraction of sp³-hybridized carbons (Fsp3) is 0.400. The number of nitrogens with one attached hydrogen (secondary N) is 2.